The van der Waals surface area contributed by atoms with Gasteiger partial charge in [-0.2, -0.15) is 5.09 Å². The first-order chi connectivity index (χ1) is 17.2. The summed E-state index contributed by atoms with van der Waals surface area (Å²) in [6, 6.07) is 6.96. The van der Waals surface area contributed by atoms with Gasteiger partial charge in [0.25, 0.3) is 5.56 Å². The Morgan fingerprint density at radius 2 is 1.92 bits per heavy atom. The third kappa shape index (κ3) is 7.02. The molecule has 0 bridgehead atoms. The largest absolute Gasteiger partial charge is 0.462 e. The highest BCUT2D eigenvalue weighted by molar-refractivity contribution is 7.52. The van der Waals surface area contributed by atoms with Gasteiger partial charge in [0.1, 0.15) is 24.0 Å². The fraction of sp³-hybridized carbons (Fsp3) is 0.500. The lowest BCUT2D eigenvalue weighted by molar-refractivity contribution is -0.149. The first-order valence-electron chi connectivity index (χ1n) is 11.2. The van der Waals surface area contributed by atoms with Gasteiger partial charge in [0.2, 0.25) is 0 Å². The zero-order chi connectivity index (χ0) is 27.5. The number of nitrogens with zero attached hydrogens (tertiary/aromatic N) is 1. The summed E-state index contributed by atoms with van der Waals surface area (Å²) in [6.45, 7) is 5.63. The molecule has 15 heteroatoms. The minimum atomic E-state index is -4.28. The Balaban J connectivity index is 1.82. The number of aromatic amines is 1. The monoisotopic (exact) mass is 579 g/mol. The molecule has 3 rings (SSSR count). The molecule has 1 aromatic carbocycles. The molecule has 12 nitrogen and oxygen atoms in total. The van der Waals surface area contributed by atoms with Crippen LogP contribution in [-0.2, 0) is 23.4 Å². The fourth-order valence-electron chi connectivity index (χ4n) is 3.37. The van der Waals surface area contributed by atoms with Crippen LogP contribution in [0.25, 0.3) is 0 Å². The number of alkyl halides is 2. The average Bonchev–Trinajstić information content (AvgIpc) is 3.03. The quantitative estimate of drug-likeness (QED) is 0.217. The van der Waals surface area contributed by atoms with Crippen molar-refractivity contribution in [2.75, 3.05) is 6.61 Å². The number of hydrogen-bond acceptors (Lipinski definition) is 9. The average molecular weight is 580 g/mol. The summed E-state index contributed by atoms with van der Waals surface area (Å²) in [6.07, 6.45) is -3.55. The second-order valence-corrected chi connectivity index (χ2v) is 11.8. The summed E-state index contributed by atoms with van der Waals surface area (Å²) in [5, 5.41) is 13.2. The van der Waals surface area contributed by atoms with Crippen LogP contribution >= 0.6 is 30.9 Å². The van der Waals surface area contributed by atoms with Crippen molar-refractivity contribution in [1.29, 1.82) is 0 Å². The van der Waals surface area contributed by atoms with Gasteiger partial charge < -0.3 is 19.1 Å². The van der Waals surface area contributed by atoms with E-state index in [1.54, 1.807) is 32.0 Å². The Bertz CT molecular complexity index is 1270. The van der Waals surface area contributed by atoms with Crippen molar-refractivity contribution in [2.24, 2.45) is 0 Å². The van der Waals surface area contributed by atoms with Crippen LogP contribution in [0.5, 0.6) is 5.75 Å². The number of rotatable bonds is 10. The van der Waals surface area contributed by atoms with Gasteiger partial charge in [0.05, 0.1) is 12.7 Å². The van der Waals surface area contributed by atoms with E-state index < -0.39 is 66.5 Å². The third-order valence-corrected chi connectivity index (χ3v) is 7.68. The summed E-state index contributed by atoms with van der Waals surface area (Å²) in [7, 11) is -4.28. The van der Waals surface area contributed by atoms with Crippen LogP contribution in [0.2, 0.25) is 0 Å². The molecule has 0 aliphatic carbocycles. The molecule has 2 aromatic rings. The number of aliphatic hydroxyl groups is 1. The van der Waals surface area contributed by atoms with E-state index in [0.717, 1.165) is 4.57 Å². The summed E-state index contributed by atoms with van der Waals surface area (Å²) in [5.74, 6) is -0.520. The predicted octanol–water partition coefficient (Wildman–Crippen LogP) is 2.41. The Morgan fingerprint density at radius 1 is 1.27 bits per heavy atom. The number of carbonyl (C=O) groups is 1. The molecule has 1 fully saturated rings. The first-order valence-corrected chi connectivity index (χ1v) is 13.5. The lowest BCUT2D eigenvalue weighted by atomic mass is 10.1. The van der Waals surface area contributed by atoms with Gasteiger partial charge in [-0.15, -0.1) is 0 Å². The van der Waals surface area contributed by atoms with Crippen LogP contribution in [-0.4, -0.2) is 55.9 Å². The summed E-state index contributed by atoms with van der Waals surface area (Å²) in [5.41, 5.74) is -1.30. The van der Waals surface area contributed by atoms with Crippen LogP contribution in [0.3, 0.4) is 0 Å². The molecule has 0 saturated carbocycles. The van der Waals surface area contributed by atoms with Crippen molar-refractivity contribution >= 4 is 36.9 Å². The molecule has 1 unspecified atom stereocenters. The van der Waals surface area contributed by atoms with E-state index in [9.17, 15) is 24.1 Å². The Hall–Kier alpha value is -2.18. The van der Waals surface area contributed by atoms with Crippen molar-refractivity contribution < 1.29 is 33.0 Å². The Morgan fingerprint density at radius 3 is 2.54 bits per heavy atom. The topological polar surface area (TPSA) is 158 Å². The molecule has 204 valence electrons. The van der Waals surface area contributed by atoms with Crippen LogP contribution < -0.4 is 20.9 Å². The Kier molecular flexibility index (Phi) is 9.28. The highest BCUT2D eigenvalue weighted by atomic mass is 35.5. The van der Waals surface area contributed by atoms with Gasteiger partial charge in [-0.1, -0.05) is 41.4 Å². The molecule has 0 spiro atoms. The summed E-state index contributed by atoms with van der Waals surface area (Å²) in [4.78, 5) is 38.5. The number of ether oxygens (including phenoxy) is 2. The van der Waals surface area contributed by atoms with Gasteiger partial charge >= 0.3 is 19.4 Å². The van der Waals surface area contributed by atoms with Crippen molar-refractivity contribution in [2.45, 2.75) is 62.6 Å². The SMILES string of the molecule is Cc1cn([C@@H]2O[C@H](COP(=O)(N[C@@H](C)C(=O)OC(C)C)Oc3ccccc3)[C@@H](O)C2(Cl)Cl)c(=O)[nH]c1=O. The maximum atomic E-state index is 13.6. The molecular formula is C22H28Cl2N3O9P. The van der Waals surface area contributed by atoms with Gasteiger partial charge in [0, 0.05) is 11.8 Å². The van der Waals surface area contributed by atoms with Gasteiger partial charge in [0.15, 0.2) is 10.6 Å². The molecule has 5 atom stereocenters. The first kappa shape index (κ1) is 29.4. The maximum absolute atomic E-state index is 13.6. The number of benzene rings is 1. The molecule has 3 N–H and O–H groups in total. The van der Waals surface area contributed by atoms with E-state index in [1.807, 2.05) is 0 Å². The van der Waals surface area contributed by atoms with E-state index in [2.05, 4.69) is 10.1 Å². The van der Waals surface area contributed by atoms with E-state index in [0.29, 0.717) is 0 Å². The van der Waals surface area contributed by atoms with Crippen molar-refractivity contribution in [3.63, 3.8) is 0 Å². The van der Waals surface area contributed by atoms with Crippen LogP contribution in [0.1, 0.15) is 32.6 Å². The third-order valence-electron chi connectivity index (χ3n) is 5.21. The molecule has 1 saturated heterocycles. The fourth-order valence-corrected chi connectivity index (χ4v) is 5.47. The van der Waals surface area contributed by atoms with Crippen molar-refractivity contribution in [1.82, 2.24) is 14.6 Å². The normalized spacial score (nSPS) is 23.4. The zero-order valence-electron chi connectivity index (χ0n) is 20.4. The lowest BCUT2D eigenvalue weighted by Gasteiger charge is -2.25. The van der Waals surface area contributed by atoms with Gasteiger partial charge in [-0.05, 0) is 39.8 Å². The second kappa shape index (κ2) is 11.7. The molecule has 37 heavy (non-hydrogen) atoms. The number of hydrogen-bond donors (Lipinski definition) is 3. The summed E-state index contributed by atoms with van der Waals surface area (Å²) < 4.78 is 34.4. The van der Waals surface area contributed by atoms with Crippen molar-refractivity contribution in [3.05, 3.63) is 62.9 Å². The van der Waals surface area contributed by atoms with Gasteiger partial charge in [-0.25, -0.2) is 9.36 Å². The number of carbonyl (C=O) groups excluding carboxylic acids is 1. The highest BCUT2D eigenvalue weighted by Gasteiger charge is 2.56. The van der Waals surface area contributed by atoms with Crippen LogP contribution in [0.4, 0.5) is 0 Å². The molecule has 1 aliphatic rings. The van der Waals surface area contributed by atoms with E-state index in [1.165, 1.54) is 32.2 Å². The molecule has 1 aromatic heterocycles. The summed E-state index contributed by atoms with van der Waals surface area (Å²) >= 11 is 12.7. The second-order valence-electron chi connectivity index (χ2n) is 8.66. The number of esters is 1. The van der Waals surface area contributed by atoms with E-state index in [4.69, 9.17) is 41.7 Å². The highest BCUT2D eigenvalue weighted by Crippen LogP contribution is 2.49. The number of aliphatic hydroxyl groups excluding tert-OH is 1. The minimum absolute atomic E-state index is 0.174. The molecule has 0 amide bonds. The lowest BCUT2D eigenvalue weighted by Crippen LogP contribution is -2.42. The maximum Gasteiger partial charge on any atom is 0.459 e. The predicted molar refractivity (Wildman–Crippen MR) is 135 cm³/mol. The number of aryl methyl sites for hydroxylation is 1. The molecule has 2 heterocycles. The van der Waals surface area contributed by atoms with E-state index >= 15 is 0 Å². The zero-order valence-corrected chi connectivity index (χ0v) is 22.8. The standard InChI is InChI=1S/C22H28Cl2N3O9P/c1-12(2)34-19(30)14(4)26-37(32,36-15-8-6-5-7-9-15)33-11-16-17(28)22(23,24)20(35-16)27-10-13(3)18(29)25-21(27)31/h5-10,12,14,16-17,20,28H,11H2,1-4H3,(H,26,32)(H,25,29,31)/t14-,16+,17+,20+,37?/m0/s1. The van der Waals surface area contributed by atoms with E-state index in [-0.39, 0.29) is 11.3 Å². The smallest absolute Gasteiger partial charge is 0.459 e. The van der Waals surface area contributed by atoms with Gasteiger partial charge in [-0.3, -0.25) is 23.7 Å². The number of H-pyrrole nitrogens is 1. The minimum Gasteiger partial charge on any atom is -0.462 e. The number of halogens is 2. The van der Waals surface area contributed by atoms with Crippen LogP contribution in [0.15, 0.2) is 46.1 Å². The number of para-hydroxylation sites is 1. The molecular weight excluding hydrogens is 552 g/mol. The number of aromatic nitrogens is 2. The Labute approximate surface area is 222 Å². The molecule has 1 aliphatic heterocycles. The van der Waals surface area contributed by atoms with Crippen LogP contribution in [0, 0.1) is 6.92 Å². The molecule has 0 radical (unpaired) electrons. The van der Waals surface area contributed by atoms with Crippen molar-refractivity contribution in [3.8, 4) is 5.75 Å². The number of nitrogens with one attached hydrogen (secondary N) is 2.